The summed E-state index contributed by atoms with van der Waals surface area (Å²) in [7, 11) is 0.387. The lowest BCUT2D eigenvalue weighted by Gasteiger charge is -2.13. The maximum atomic E-state index is 5.42. The number of rotatable bonds is 7. The van der Waals surface area contributed by atoms with Gasteiger partial charge in [-0.25, -0.2) is 0 Å². The zero-order valence-electron chi connectivity index (χ0n) is 9.60. The predicted octanol–water partition coefficient (Wildman–Crippen LogP) is 3.90. The van der Waals surface area contributed by atoms with Crippen LogP contribution in [0, 0.1) is 0 Å². The summed E-state index contributed by atoms with van der Waals surface area (Å²) in [5.41, 5.74) is 2.29. The van der Waals surface area contributed by atoms with Gasteiger partial charge in [0.1, 0.15) is 0 Å². The van der Waals surface area contributed by atoms with Crippen molar-refractivity contribution in [2.24, 2.45) is 0 Å². The highest BCUT2D eigenvalue weighted by atomic mass is 28.4. The van der Waals surface area contributed by atoms with E-state index >= 15 is 0 Å². The Morgan fingerprint density at radius 3 is 2.38 bits per heavy atom. The van der Waals surface area contributed by atoms with E-state index in [9.17, 15) is 0 Å². The molecule has 0 saturated carbocycles. The van der Waals surface area contributed by atoms with Crippen LogP contribution in [-0.2, 0) is 4.43 Å². The van der Waals surface area contributed by atoms with Gasteiger partial charge in [-0.1, -0.05) is 38.0 Å². The second-order valence-corrected chi connectivity index (χ2v) is 8.01. The molecule has 0 amide bonds. The van der Waals surface area contributed by atoms with Gasteiger partial charge in [-0.2, -0.15) is 0 Å². The minimum absolute atomic E-state index is 1.22. The zero-order valence-corrected chi connectivity index (χ0v) is 10.6. The molecule has 0 bridgehead atoms. The summed E-state index contributed by atoms with van der Waals surface area (Å²) in [6.45, 7) is 6.68. The van der Waals surface area contributed by atoms with Crippen molar-refractivity contribution < 1.29 is 4.43 Å². The summed E-state index contributed by atoms with van der Waals surface area (Å²) in [6.07, 6.45) is 8.92. The SMILES string of the molecule is CCCCCCC=C[Si](C)(C)OC. The number of hydrogen-bond donors (Lipinski definition) is 0. The highest BCUT2D eigenvalue weighted by molar-refractivity contribution is 6.76. The molecule has 13 heavy (non-hydrogen) atoms. The first-order valence-electron chi connectivity index (χ1n) is 5.35. The van der Waals surface area contributed by atoms with E-state index in [1.165, 1.54) is 32.1 Å². The summed E-state index contributed by atoms with van der Waals surface area (Å²) in [5.74, 6) is 0. The molecular weight excluding hydrogens is 176 g/mol. The maximum absolute atomic E-state index is 5.42. The van der Waals surface area contributed by atoms with Gasteiger partial charge in [0.25, 0.3) is 0 Å². The van der Waals surface area contributed by atoms with Gasteiger partial charge in [-0.3, -0.25) is 0 Å². The maximum Gasteiger partial charge on any atom is 0.210 e. The van der Waals surface area contributed by atoms with E-state index in [1.807, 2.05) is 7.11 Å². The molecule has 0 spiro atoms. The van der Waals surface area contributed by atoms with Gasteiger partial charge in [0.05, 0.1) is 0 Å². The van der Waals surface area contributed by atoms with Crippen LogP contribution < -0.4 is 0 Å². The molecule has 78 valence electrons. The van der Waals surface area contributed by atoms with E-state index in [2.05, 4.69) is 31.8 Å². The fraction of sp³-hybridized carbons (Fsp3) is 0.818. The Hall–Kier alpha value is -0.0831. The van der Waals surface area contributed by atoms with Crippen molar-refractivity contribution in [1.82, 2.24) is 0 Å². The van der Waals surface area contributed by atoms with Crippen molar-refractivity contribution >= 4 is 8.32 Å². The number of hydrogen-bond acceptors (Lipinski definition) is 1. The summed E-state index contributed by atoms with van der Waals surface area (Å²) >= 11 is 0. The third-order valence-electron chi connectivity index (χ3n) is 2.27. The summed E-state index contributed by atoms with van der Waals surface area (Å²) < 4.78 is 5.42. The number of allylic oxidation sites excluding steroid dienone is 1. The Bertz CT molecular complexity index is 141. The Kier molecular flexibility index (Phi) is 7.29. The molecule has 0 radical (unpaired) electrons. The van der Waals surface area contributed by atoms with Crippen LogP contribution >= 0.6 is 0 Å². The quantitative estimate of drug-likeness (QED) is 0.447. The molecular formula is C11H24OSi. The Morgan fingerprint density at radius 1 is 1.15 bits per heavy atom. The Balaban J connectivity index is 3.41. The van der Waals surface area contributed by atoms with E-state index in [-0.39, 0.29) is 0 Å². The molecule has 0 aliphatic heterocycles. The molecule has 0 aromatic heterocycles. The number of unbranched alkanes of at least 4 members (excludes halogenated alkanes) is 4. The van der Waals surface area contributed by atoms with Crippen LogP contribution in [-0.4, -0.2) is 15.4 Å². The largest absolute Gasteiger partial charge is 0.417 e. The van der Waals surface area contributed by atoms with Crippen LogP contribution in [0.25, 0.3) is 0 Å². The molecule has 0 heterocycles. The van der Waals surface area contributed by atoms with Crippen LogP contribution in [0.3, 0.4) is 0 Å². The molecule has 0 aliphatic carbocycles. The monoisotopic (exact) mass is 200 g/mol. The fourth-order valence-corrected chi connectivity index (χ4v) is 1.99. The predicted molar refractivity (Wildman–Crippen MR) is 62.4 cm³/mol. The van der Waals surface area contributed by atoms with Gasteiger partial charge in [0.2, 0.25) is 8.32 Å². The Labute approximate surface area is 84.3 Å². The fourth-order valence-electron chi connectivity index (χ4n) is 1.12. The first-order chi connectivity index (χ1) is 6.12. The van der Waals surface area contributed by atoms with Crippen molar-refractivity contribution in [2.75, 3.05) is 7.11 Å². The van der Waals surface area contributed by atoms with E-state index < -0.39 is 8.32 Å². The average Bonchev–Trinajstić information content (AvgIpc) is 2.11. The second-order valence-electron chi connectivity index (χ2n) is 4.06. The molecule has 1 nitrogen and oxygen atoms in total. The van der Waals surface area contributed by atoms with Gasteiger partial charge in [-0.05, 0) is 25.9 Å². The van der Waals surface area contributed by atoms with Crippen molar-refractivity contribution in [3.8, 4) is 0 Å². The molecule has 0 N–H and O–H groups in total. The normalized spacial score (nSPS) is 12.6. The molecule has 0 saturated heterocycles. The highest BCUT2D eigenvalue weighted by Crippen LogP contribution is 2.07. The lowest BCUT2D eigenvalue weighted by atomic mass is 10.2. The third-order valence-corrected chi connectivity index (χ3v) is 4.36. The van der Waals surface area contributed by atoms with Crippen LogP contribution in [0.15, 0.2) is 11.8 Å². The van der Waals surface area contributed by atoms with Crippen molar-refractivity contribution in [1.29, 1.82) is 0 Å². The second kappa shape index (κ2) is 7.33. The lowest BCUT2D eigenvalue weighted by molar-refractivity contribution is 0.415. The van der Waals surface area contributed by atoms with E-state index in [4.69, 9.17) is 4.43 Å². The molecule has 0 aromatic carbocycles. The van der Waals surface area contributed by atoms with Gasteiger partial charge in [0.15, 0.2) is 0 Å². The summed E-state index contributed by atoms with van der Waals surface area (Å²) in [6, 6.07) is 0. The van der Waals surface area contributed by atoms with Crippen LogP contribution in [0.4, 0.5) is 0 Å². The standard InChI is InChI=1S/C11H24OSi/c1-5-6-7-8-9-10-11-13(3,4)12-2/h10-11H,5-9H2,1-4H3. The first kappa shape index (κ1) is 12.9. The van der Waals surface area contributed by atoms with Crippen LogP contribution in [0.1, 0.15) is 39.0 Å². The van der Waals surface area contributed by atoms with E-state index in [1.54, 1.807) is 0 Å². The van der Waals surface area contributed by atoms with Crippen molar-refractivity contribution in [2.45, 2.75) is 52.1 Å². The first-order valence-corrected chi connectivity index (χ1v) is 8.34. The van der Waals surface area contributed by atoms with Crippen molar-refractivity contribution in [3.05, 3.63) is 11.8 Å². The van der Waals surface area contributed by atoms with E-state index in [0.717, 1.165) is 0 Å². The summed E-state index contributed by atoms with van der Waals surface area (Å²) in [4.78, 5) is 0. The van der Waals surface area contributed by atoms with Crippen LogP contribution in [0.5, 0.6) is 0 Å². The van der Waals surface area contributed by atoms with E-state index in [0.29, 0.717) is 0 Å². The average molecular weight is 200 g/mol. The topological polar surface area (TPSA) is 9.23 Å². The van der Waals surface area contributed by atoms with Gasteiger partial charge < -0.3 is 4.43 Å². The molecule has 0 aliphatic rings. The lowest BCUT2D eigenvalue weighted by Crippen LogP contribution is -2.25. The minimum Gasteiger partial charge on any atom is -0.417 e. The minimum atomic E-state index is -1.43. The van der Waals surface area contributed by atoms with Crippen LogP contribution in [0.2, 0.25) is 13.1 Å². The molecule has 0 unspecified atom stereocenters. The van der Waals surface area contributed by atoms with Crippen molar-refractivity contribution in [3.63, 3.8) is 0 Å². The molecule has 2 heteroatoms. The van der Waals surface area contributed by atoms with Gasteiger partial charge >= 0.3 is 0 Å². The van der Waals surface area contributed by atoms with Gasteiger partial charge in [0, 0.05) is 7.11 Å². The Morgan fingerprint density at radius 2 is 1.85 bits per heavy atom. The highest BCUT2D eigenvalue weighted by Gasteiger charge is 2.14. The summed E-state index contributed by atoms with van der Waals surface area (Å²) in [5, 5.41) is 0. The molecule has 0 aromatic rings. The molecule has 0 fully saturated rings. The third kappa shape index (κ3) is 8.25. The molecule has 0 rings (SSSR count). The van der Waals surface area contributed by atoms with Gasteiger partial charge in [-0.15, -0.1) is 0 Å². The zero-order chi connectivity index (χ0) is 10.2. The smallest absolute Gasteiger partial charge is 0.210 e. The molecule has 0 atom stereocenters.